The Hall–Kier alpha value is -4.52. The smallest absolute Gasteiger partial charge is 0.305 e. The largest absolute Gasteiger partial charge is 3.00 e. The molecule has 6 aromatic rings. The van der Waals surface area contributed by atoms with E-state index in [1.54, 1.807) is 24.5 Å². The molecule has 0 unspecified atom stereocenters. The standard InChI is InChI=1S/C11H6F2N.2C11H7FN.Ir/c12-9-3-1-8(2-4-9)11-7-10(13)5-6-14-11;2*12-10-6-4-9(5-7-10)11-3-1-2-8-13-11;/h1,3-7H;2*1-4,6-8H;/q3*-1;+3. The van der Waals surface area contributed by atoms with Crippen LogP contribution in [0.1, 0.15) is 0 Å². The fourth-order valence-corrected chi connectivity index (χ4v) is 3.29. The number of nitrogens with zero attached hydrogens (tertiary/aromatic N) is 3. The summed E-state index contributed by atoms with van der Waals surface area (Å²) in [7, 11) is 0. The molecule has 204 valence electrons. The minimum atomic E-state index is -0.370. The zero-order valence-corrected chi connectivity index (χ0v) is 23.6. The van der Waals surface area contributed by atoms with Crippen LogP contribution in [0, 0.1) is 41.5 Å². The Balaban J connectivity index is 0.000000167. The number of benzene rings is 3. The molecule has 0 spiro atoms. The second-order valence-electron chi connectivity index (χ2n) is 8.05. The molecule has 0 aliphatic heterocycles. The average Bonchev–Trinajstić information content (AvgIpc) is 3.00. The molecular weight excluding hydrogens is 707 g/mol. The third-order valence-electron chi connectivity index (χ3n) is 5.20. The topological polar surface area (TPSA) is 38.7 Å². The number of pyridine rings is 3. The van der Waals surface area contributed by atoms with Crippen LogP contribution >= 0.6 is 0 Å². The summed E-state index contributed by atoms with van der Waals surface area (Å²) in [5.41, 5.74) is 4.25. The summed E-state index contributed by atoms with van der Waals surface area (Å²) in [6, 6.07) is 34.8. The molecule has 0 N–H and O–H groups in total. The summed E-state index contributed by atoms with van der Waals surface area (Å²) in [6.07, 6.45) is 4.76. The summed E-state index contributed by atoms with van der Waals surface area (Å²) in [5.74, 6) is -1.29. The molecule has 0 saturated heterocycles. The Morgan fingerprint density at radius 1 is 0.415 bits per heavy atom. The summed E-state index contributed by atoms with van der Waals surface area (Å²) in [4.78, 5) is 12.2. The van der Waals surface area contributed by atoms with Crippen LogP contribution in [-0.4, -0.2) is 15.0 Å². The van der Waals surface area contributed by atoms with Gasteiger partial charge in [-0.25, -0.2) is 4.39 Å². The van der Waals surface area contributed by atoms with E-state index in [-0.39, 0.29) is 43.4 Å². The summed E-state index contributed by atoms with van der Waals surface area (Å²) < 4.78 is 50.5. The first-order valence-electron chi connectivity index (χ1n) is 11.9. The molecule has 8 heteroatoms. The molecule has 6 rings (SSSR count). The van der Waals surface area contributed by atoms with Crippen molar-refractivity contribution in [2.45, 2.75) is 0 Å². The van der Waals surface area contributed by atoms with E-state index in [1.165, 1.54) is 60.8 Å². The SMILES string of the molecule is Fc1c[c-]c(-c2cc(F)ccn2)cc1.Fc1c[c-]c(-c2ccccn2)cc1.Fc1c[c-]c(-c2ccccn2)cc1.[Ir+3]. The van der Waals surface area contributed by atoms with Crippen molar-refractivity contribution in [1.29, 1.82) is 0 Å². The molecule has 3 aromatic carbocycles. The second-order valence-corrected chi connectivity index (χ2v) is 8.05. The van der Waals surface area contributed by atoms with Crippen LogP contribution in [0.2, 0.25) is 0 Å². The van der Waals surface area contributed by atoms with E-state index in [1.807, 2.05) is 36.4 Å². The predicted octanol–water partition coefficient (Wildman–Crippen LogP) is 8.20. The van der Waals surface area contributed by atoms with Gasteiger partial charge in [0.05, 0.1) is 0 Å². The monoisotopic (exact) mass is 727 g/mol. The van der Waals surface area contributed by atoms with Crippen molar-refractivity contribution >= 4 is 0 Å². The van der Waals surface area contributed by atoms with E-state index in [4.69, 9.17) is 0 Å². The number of aromatic nitrogens is 3. The van der Waals surface area contributed by atoms with Crippen LogP contribution in [-0.2, 0) is 20.1 Å². The minimum Gasteiger partial charge on any atom is -0.305 e. The van der Waals surface area contributed by atoms with E-state index in [0.29, 0.717) is 11.3 Å². The van der Waals surface area contributed by atoms with E-state index < -0.39 is 0 Å². The predicted molar refractivity (Wildman–Crippen MR) is 145 cm³/mol. The van der Waals surface area contributed by atoms with Gasteiger partial charge in [0.2, 0.25) is 0 Å². The summed E-state index contributed by atoms with van der Waals surface area (Å²) in [6.45, 7) is 0. The van der Waals surface area contributed by atoms with Gasteiger partial charge in [0.25, 0.3) is 0 Å². The van der Waals surface area contributed by atoms with Gasteiger partial charge in [0.1, 0.15) is 5.82 Å². The van der Waals surface area contributed by atoms with Gasteiger partial charge in [-0.1, -0.05) is 24.3 Å². The van der Waals surface area contributed by atoms with Crippen molar-refractivity contribution < 1.29 is 37.7 Å². The van der Waals surface area contributed by atoms with Gasteiger partial charge >= 0.3 is 20.1 Å². The van der Waals surface area contributed by atoms with Crippen molar-refractivity contribution in [2.75, 3.05) is 0 Å². The van der Waals surface area contributed by atoms with Gasteiger partial charge in [0, 0.05) is 36.0 Å². The molecular formula is C33H20F4IrN3. The molecule has 0 aliphatic rings. The second kappa shape index (κ2) is 15.9. The van der Waals surface area contributed by atoms with Crippen LogP contribution in [0.5, 0.6) is 0 Å². The maximum atomic E-state index is 12.8. The van der Waals surface area contributed by atoms with E-state index >= 15 is 0 Å². The van der Waals surface area contributed by atoms with Crippen LogP contribution in [0.15, 0.2) is 122 Å². The van der Waals surface area contributed by atoms with E-state index in [0.717, 1.165) is 22.5 Å². The first kappa shape index (κ1) is 31.0. The van der Waals surface area contributed by atoms with E-state index in [2.05, 4.69) is 33.2 Å². The molecule has 0 radical (unpaired) electrons. The van der Waals surface area contributed by atoms with Crippen molar-refractivity contribution in [3.63, 3.8) is 0 Å². The zero-order chi connectivity index (χ0) is 28.2. The number of hydrogen-bond donors (Lipinski definition) is 0. The summed E-state index contributed by atoms with van der Waals surface area (Å²) >= 11 is 0. The molecule has 0 atom stereocenters. The van der Waals surface area contributed by atoms with E-state index in [9.17, 15) is 17.6 Å². The quantitative estimate of drug-likeness (QED) is 0.136. The molecule has 41 heavy (non-hydrogen) atoms. The fraction of sp³-hybridized carbons (Fsp3) is 0. The third-order valence-corrected chi connectivity index (χ3v) is 5.20. The van der Waals surface area contributed by atoms with Crippen LogP contribution in [0.25, 0.3) is 33.8 Å². The molecule has 0 fully saturated rings. The number of rotatable bonds is 3. The van der Waals surface area contributed by atoms with Gasteiger partial charge in [0.15, 0.2) is 0 Å². The van der Waals surface area contributed by atoms with Gasteiger partial charge < -0.3 is 15.0 Å². The minimum absolute atomic E-state index is 0. The van der Waals surface area contributed by atoms with Crippen molar-refractivity contribution in [3.05, 3.63) is 163 Å². The number of hydrogen-bond acceptors (Lipinski definition) is 3. The first-order valence-corrected chi connectivity index (χ1v) is 11.9. The molecule has 0 saturated carbocycles. The normalized spacial score (nSPS) is 9.76. The molecule has 0 amide bonds. The van der Waals surface area contributed by atoms with Crippen LogP contribution < -0.4 is 0 Å². The average molecular weight is 727 g/mol. The Morgan fingerprint density at radius 2 is 0.829 bits per heavy atom. The molecule has 3 heterocycles. The fourth-order valence-electron chi connectivity index (χ4n) is 3.29. The Bertz CT molecular complexity index is 1520. The van der Waals surface area contributed by atoms with Crippen LogP contribution in [0.3, 0.4) is 0 Å². The Kier molecular flexibility index (Phi) is 12.0. The molecule has 3 nitrogen and oxygen atoms in total. The zero-order valence-electron chi connectivity index (χ0n) is 21.2. The van der Waals surface area contributed by atoms with Gasteiger partial charge in [-0.05, 0) is 41.3 Å². The maximum Gasteiger partial charge on any atom is 3.00 e. The molecule has 0 bridgehead atoms. The van der Waals surface area contributed by atoms with Crippen molar-refractivity contribution in [1.82, 2.24) is 15.0 Å². The Morgan fingerprint density at radius 3 is 1.17 bits per heavy atom. The van der Waals surface area contributed by atoms with Crippen molar-refractivity contribution in [2.24, 2.45) is 0 Å². The molecule has 3 aromatic heterocycles. The van der Waals surface area contributed by atoms with Crippen molar-refractivity contribution in [3.8, 4) is 33.8 Å². The third kappa shape index (κ3) is 9.87. The maximum absolute atomic E-state index is 12.8. The van der Waals surface area contributed by atoms with Gasteiger partial charge in [-0.3, -0.25) is 13.2 Å². The van der Waals surface area contributed by atoms with Gasteiger partial charge in [-0.2, -0.15) is 0 Å². The molecule has 0 aliphatic carbocycles. The number of halogens is 4. The Labute approximate surface area is 249 Å². The van der Waals surface area contributed by atoms with Gasteiger partial charge in [-0.15, -0.1) is 89.5 Å². The summed E-state index contributed by atoms with van der Waals surface area (Å²) in [5, 5.41) is 0. The van der Waals surface area contributed by atoms with Crippen LogP contribution in [0.4, 0.5) is 17.6 Å². The first-order chi connectivity index (χ1) is 19.5.